The monoisotopic (exact) mass is 332 g/mol. The SMILES string of the molecule is COC(=O)CCNc1c(N)n(Cc2ccccc2)c(=O)n(C)c1=O. The van der Waals surface area contributed by atoms with E-state index < -0.39 is 17.2 Å². The van der Waals surface area contributed by atoms with E-state index >= 15 is 0 Å². The number of hydrogen-bond acceptors (Lipinski definition) is 6. The van der Waals surface area contributed by atoms with Crippen LogP contribution in [-0.2, 0) is 23.1 Å². The number of benzene rings is 1. The summed E-state index contributed by atoms with van der Waals surface area (Å²) < 4.78 is 6.85. The van der Waals surface area contributed by atoms with Crippen LogP contribution in [0.4, 0.5) is 11.5 Å². The predicted molar refractivity (Wildman–Crippen MR) is 91.0 cm³/mol. The van der Waals surface area contributed by atoms with Crippen molar-refractivity contribution in [3.05, 3.63) is 56.7 Å². The van der Waals surface area contributed by atoms with Gasteiger partial charge in [-0.25, -0.2) is 4.79 Å². The molecule has 2 aromatic rings. The molecule has 8 heteroatoms. The summed E-state index contributed by atoms with van der Waals surface area (Å²) in [5, 5.41) is 2.82. The number of ether oxygens (including phenoxy) is 1. The van der Waals surface area contributed by atoms with Crippen LogP contribution >= 0.6 is 0 Å². The fraction of sp³-hybridized carbons (Fsp3) is 0.312. The molecule has 128 valence electrons. The number of nitrogens with two attached hydrogens (primary N) is 1. The first kappa shape index (κ1) is 17.3. The first-order valence-electron chi connectivity index (χ1n) is 7.39. The number of carbonyl (C=O) groups is 1. The van der Waals surface area contributed by atoms with Crippen molar-refractivity contribution in [2.45, 2.75) is 13.0 Å². The van der Waals surface area contributed by atoms with E-state index in [1.54, 1.807) is 0 Å². The van der Waals surface area contributed by atoms with E-state index in [9.17, 15) is 14.4 Å². The molecule has 0 aliphatic rings. The molecule has 2 rings (SSSR count). The maximum absolute atomic E-state index is 12.3. The van der Waals surface area contributed by atoms with Gasteiger partial charge in [-0.15, -0.1) is 0 Å². The van der Waals surface area contributed by atoms with Crippen LogP contribution in [0.5, 0.6) is 0 Å². The number of aromatic nitrogens is 2. The van der Waals surface area contributed by atoms with Crippen molar-refractivity contribution in [3.8, 4) is 0 Å². The fourth-order valence-corrected chi connectivity index (χ4v) is 2.26. The summed E-state index contributed by atoms with van der Waals surface area (Å²) in [4.78, 5) is 35.8. The summed E-state index contributed by atoms with van der Waals surface area (Å²) in [6, 6.07) is 9.31. The Morgan fingerprint density at radius 1 is 1.25 bits per heavy atom. The van der Waals surface area contributed by atoms with Crippen LogP contribution in [0, 0.1) is 0 Å². The predicted octanol–water partition coefficient (Wildman–Crippen LogP) is 0.152. The molecule has 8 nitrogen and oxygen atoms in total. The Labute approximate surface area is 138 Å². The summed E-state index contributed by atoms with van der Waals surface area (Å²) in [6.07, 6.45) is 0.0803. The number of methoxy groups -OCH3 is 1. The third-order valence-corrected chi connectivity index (χ3v) is 3.63. The second kappa shape index (κ2) is 7.49. The molecule has 0 radical (unpaired) electrons. The normalized spacial score (nSPS) is 10.4. The van der Waals surface area contributed by atoms with Gasteiger partial charge in [-0.3, -0.25) is 18.7 Å². The number of rotatable bonds is 6. The lowest BCUT2D eigenvalue weighted by Crippen LogP contribution is -2.41. The first-order valence-corrected chi connectivity index (χ1v) is 7.39. The van der Waals surface area contributed by atoms with E-state index in [1.165, 1.54) is 18.7 Å². The van der Waals surface area contributed by atoms with E-state index in [0.717, 1.165) is 10.1 Å². The van der Waals surface area contributed by atoms with Gasteiger partial charge in [-0.2, -0.15) is 0 Å². The molecule has 0 amide bonds. The molecule has 1 heterocycles. The largest absolute Gasteiger partial charge is 0.469 e. The fourth-order valence-electron chi connectivity index (χ4n) is 2.26. The molecule has 0 aliphatic heterocycles. The minimum atomic E-state index is -0.535. The Balaban J connectivity index is 2.36. The highest BCUT2D eigenvalue weighted by Gasteiger charge is 2.15. The highest BCUT2D eigenvalue weighted by Crippen LogP contribution is 2.12. The Kier molecular flexibility index (Phi) is 5.41. The van der Waals surface area contributed by atoms with Gasteiger partial charge in [0.1, 0.15) is 11.5 Å². The number of anilines is 2. The number of carbonyl (C=O) groups excluding carboxylic acids is 1. The van der Waals surface area contributed by atoms with E-state index in [-0.39, 0.29) is 31.0 Å². The molecule has 3 N–H and O–H groups in total. The van der Waals surface area contributed by atoms with Gasteiger partial charge in [0.25, 0.3) is 5.56 Å². The number of nitrogen functional groups attached to an aromatic ring is 1. The van der Waals surface area contributed by atoms with Crippen LogP contribution in [0.1, 0.15) is 12.0 Å². The van der Waals surface area contributed by atoms with Gasteiger partial charge in [0.2, 0.25) is 0 Å². The van der Waals surface area contributed by atoms with Gasteiger partial charge in [-0.05, 0) is 5.56 Å². The molecule has 1 aromatic carbocycles. The summed E-state index contributed by atoms with van der Waals surface area (Å²) in [5.74, 6) is -0.368. The maximum Gasteiger partial charge on any atom is 0.332 e. The van der Waals surface area contributed by atoms with Crippen molar-refractivity contribution in [2.75, 3.05) is 24.7 Å². The number of nitrogens with zero attached hydrogens (tertiary/aromatic N) is 2. The van der Waals surface area contributed by atoms with Crippen LogP contribution in [-0.4, -0.2) is 28.8 Å². The highest BCUT2D eigenvalue weighted by atomic mass is 16.5. The standard InChI is InChI=1S/C16H20N4O4/c1-19-15(22)13(18-9-8-12(21)24-2)14(17)20(16(19)23)10-11-6-4-3-5-7-11/h3-7,18H,8-10,17H2,1-2H3. The first-order chi connectivity index (χ1) is 11.5. The quantitative estimate of drug-likeness (QED) is 0.729. The van der Waals surface area contributed by atoms with Gasteiger partial charge in [0, 0.05) is 13.6 Å². The number of nitrogens with one attached hydrogen (secondary N) is 1. The summed E-state index contributed by atoms with van der Waals surface area (Å²) >= 11 is 0. The Bertz CT molecular complexity index is 840. The van der Waals surface area contributed by atoms with Crippen molar-refractivity contribution < 1.29 is 9.53 Å². The lowest BCUT2D eigenvalue weighted by molar-refractivity contribution is -0.140. The topological polar surface area (TPSA) is 108 Å². The molecule has 0 aliphatic carbocycles. The third-order valence-electron chi connectivity index (χ3n) is 3.63. The molecule has 0 spiro atoms. The molecular weight excluding hydrogens is 312 g/mol. The smallest absolute Gasteiger partial charge is 0.332 e. The zero-order valence-electron chi connectivity index (χ0n) is 13.6. The van der Waals surface area contributed by atoms with E-state index in [4.69, 9.17) is 5.73 Å². The summed E-state index contributed by atoms with van der Waals surface area (Å²) in [6.45, 7) is 0.418. The minimum absolute atomic E-state index is 0.0387. The summed E-state index contributed by atoms with van der Waals surface area (Å²) in [5.41, 5.74) is 5.96. The maximum atomic E-state index is 12.3. The van der Waals surface area contributed by atoms with Crippen molar-refractivity contribution in [3.63, 3.8) is 0 Å². The van der Waals surface area contributed by atoms with E-state index in [0.29, 0.717) is 0 Å². The second-order valence-electron chi connectivity index (χ2n) is 5.23. The third kappa shape index (κ3) is 3.65. The molecule has 0 bridgehead atoms. The zero-order chi connectivity index (χ0) is 17.7. The van der Waals surface area contributed by atoms with Gasteiger partial charge in [0.15, 0.2) is 0 Å². The average Bonchev–Trinajstić information content (AvgIpc) is 2.60. The van der Waals surface area contributed by atoms with Gasteiger partial charge >= 0.3 is 11.7 Å². The molecule has 1 aromatic heterocycles. The van der Waals surface area contributed by atoms with Crippen LogP contribution in [0.3, 0.4) is 0 Å². The lowest BCUT2D eigenvalue weighted by Gasteiger charge is -2.16. The molecular formula is C16H20N4O4. The Morgan fingerprint density at radius 3 is 2.54 bits per heavy atom. The number of hydrogen-bond donors (Lipinski definition) is 2. The Morgan fingerprint density at radius 2 is 1.92 bits per heavy atom. The average molecular weight is 332 g/mol. The van der Waals surface area contributed by atoms with E-state index in [2.05, 4.69) is 10.1 Å². The van der Waals surface area contributed by atoms with Crippen molar-refractivity contribution in [1.29, 1.82) is 0 Å². The summed E-state index contributed by atoms with van der Waals surface area (Å²) in [7, 11) is 2.67. The molecule has 0 fully saturated rings. The van der Waals surface area contributed by atoms with Crippen molar-refractivity contribution >= 4 is 17.5 Å². The molecule has 0 unspecified atom stereocenters. The van der Waals surface area contributed by atoms with Crippen molar-refractivity contribution in [1.82, 2.24) is 9.13 Å². The van der Waals surface area contributed by atoms with Crippen molar-refractivity contribution in [2.24, 2.45) is 7.05 Å². The zero-order valence-corrected chi connectivity index (χ0v) is 13.6. The molecule has 0 saturated carbocycles. The van der Waals surface area contributed by atoms with Crippen LogP contribution < -0.4 is 22.3 Å². The highest BCUT2D eigenvalue weighted by molar-refractivity contribution is 5.70. The van der Waals surface area contributed by atoms with Crippen LogP contribution in [0.25, 0.3) is 0 Å². The van der Waals surface area contributed by atoms with Gasteiger partial charge in [-0.1, -0.05) is 30.3 Å². The molecule has 24 heavy (non-hydrogen) atoms. The van der Waals surface area contributed by atoms with E-state index in [1.807, 2.05) is 30.3 Å². The molecule has 0 atom stereocenters. The number of esters is 1. The van der Waals surface area contributed by atoms with Crippen LogP contribution in [0.15, 0.2) is 39.9 Å². The minimum Gasteiger partial charge on any atom is -0.469 e. The molecule has 0 saturated heterocycles. The van der Waals surface area contributed by atoms with Crippen LogP contribution in [0.2, 0.25) is 0 Å². The second-order valence-corrected chi connectivity index (χ2v) is 5.23. The Hall–Kier alpha value is -3.03. The van der Waals surface area contributed by atoms with Gasteiger partial charge in [0.05, 0.1) is 20.1 Å². The van der Waals surface area contributed by atoms with Gasteiger partial charge < -0.3 is 15.8 Å². The lowest BCUT2D eigenvalue weighted by atomic mass is 10.2.